The Hall–Kier alpha value is -3.16. The number of ether oxygens (including phenoxy) is 1. The molecule has 3 aromatic rings. The Bertz CT molecular complexity index is 1290. The molecule has 0 spiro atoms. The lowest BCUT2D eigenvalue weighted by molar-refractivity contribution is -0.114. The molecule has 0 bridgehead atoms. The van der Waals surface area contributed by atoms with Crippen LogP contribution in [0.2, 0.25) is 5.02 Å². The van der Waals surface area contributed by atoms with Gasteiger partial charge in [-0.1, -0.05) is 45.7 Å². The van der Waals surface area contributed by atoms with Gasteiger partial charge in [0, 0.05) is 15.9 Å². The first-order valence-corrected chi connectivity index (χ1v) is 11.5. The third-order valence-electron chi connectivity index (χ3n) is 5.90. The van der Waals surface area contributed by atoms with E-state index in [4.69, 9.17) is 21.4 Å². The summed E-state index contributed by atoms with van der Waals surface area (Å²) in [4.78, 5) is 26.9. The monoisotopic (exact) mass is 523 g/mol. The van der Waals surface area contributed by atoms with Crippen LogP contribution in [-0.2, 0) is 4.79 Å². The molecule has 0 fully saturated rings. The van der Waals surface area contributed by atoms with Gasteiger partial charge in [-0.25, -0.2) is 0 Å². The molecule has 0 saturated carbocycles. The Balaban J connectivity index is 1.52. The van der Waals surface area contributed by atoms with Crippen LogP contribution < -0.4 is 9.64 Å². The van der Waals surface area contributed by atoms with E-state index in [-0.39, 0.29) is 12.7 Å². The molecule has 0 aliphatic carbocycles. The third kappa shape index (κ3) is 3.92. The van der Waals surface area contributed by atoms with E-state index in [9.17, 15) is 9.59 Å². The Morgan fingerprint density at radius 3 is 2.58 bits per heavy atom. The van der Waals surface area contributed by atoms with Crippen molar-refractivity contribution in [2.75, 3.05) is 18.7 Å². The van der Waals surface area contributed by atoms with Gasteiger partial charge in [-0.2, -0.15) is 5.10 Å². The number of amides is 1. The average Bonchev–Trinajstić information content (AvgIpc) is 3.34. The minimum Gasteiger partial charge on any atom is -0.497 e. The predicted octanol–water partition coefficient (Wildman–Crippen LogP) is 5.45. The van der Waals surface area contributed by atoms with Crippen molar-refractivity contribution in [3.8, 4) is 5.75 Å². The van der Waals surface area contributed by atoms with Gasteiger partial charge in [0.15, 0.2) is 0 Å². The summed E-state index contributed by atoms with van der Waals surface area (Å²) in [6, 6.07) is 20.4. The number of hydrazone groups is 1. The third-order valence-corrected chi connectivity index (χ3v) is 6.74. The van der Waals surface area contributed by atoms with Crippen LogP contribution in [0.3, 0.4) is 0 Å². The van der Waals surface area contributed by atoms with Crippen LogP contribution in [0.25, 0.3) is 0 Å². The summed E-state index contributed by atoms with van der Waals surface area (Å²) in [7, 11) is 1.63. The molecule has 1 atom stereocenters. The number of fused-ring (bicyclic) bond motifs is 1. The summed E-state index contributed by atoms with van der Waals surface area (Å²) in [5.41, 5.74) is 3.72. The molecular formula is C25H19BrClN3O3. The number of hydrogen-bond donors (Lipinski definition) is 0. The van der Waals surface area contributed by atoms with E-state index in [2.05, 4.69) is 15.9 Å². The van der Waals surface area contributed by atoms with E-state index in [0.717, 1.165) is 27.1 Å². The van der Waals surface area contributed by atoms with Crippen LogP contribution in [0.4, 0.5) is 5.69 Å². The fourth-order valence-electron chi connectivity index (χ4n) is 4.22. The molecule has 33 heavy (non-hydrogen) atoms. The van der Waals surface area contributed by atoms with Crippen molar-refractivity contribution in [1.82, 2.24) is 5.01 Å². The summed E-state index contributed by atoms with van der Waals surface area (Å²) in [5.74, 6) is -0.311. The standard InChI is InChI=1S/C25H19BrClN3O3/c1-33-17-9-6-15(7-10-17)21-13-23(18-4-2-3-5-20(18)27)30(28-21)14-29-22-11-8-16(26)12-19(22)24(31)25(29)32/h2-12,23H,13-14H2,1H3/t23-/m0/s1. The number of carbonyl (C=O) groups is 2. The van der Waals surface area contributed by atoms with Crippen LogP contribution in [0.1, 0.15) is 33.9 Å². The smallest absolute Gasteiger partial charge is 0.301 e. The van der Waals surface area contributed by atoms with Crippen LogP contribution in [0.5, 0.6) is 5.75 Å². The summed E-state index contributed by atoms with van der Waals surface area (Å²) >= 11 is 9.91. The topological polar surface area (TPSA) is 62.2 Å². The van der Waals surface area contributed by atoms with E-state index >= 15 is 0 Å². The molecule has 0 N–H and O–H groups in total. The van der Waals surface area contributed by atoms with Gasteiger partial charge in [-0.3, -0.25) is 19.5 Å². The molecule has 0 radical (unpaired) electrons. The molecule has 3 aromatic carbocycles. The second kappa shape index (κ2) is 8.65. The molecule has 2 heterocycles. The fourth-order valence-corrected chi connectivity index (χ4v) is 4.84. The Morgan fingerprint density at radius 2 is 1.85 bits per heavy atom. The van der Waals surface area contributed by atoms with Gasteiger partial charge in [0.2, 0.25) is 0 Å². The Labute approximate surface area is 204 Å². The number of carbonyl (C=O) groups excluding carboxylic acids is 2. The number of benzene rings is 3. The molecule has 2 aliphatic rings. The fraction of sp³-hybridized carbons (Fsp3) is 0.160. The minimum absolute atomic E-state index is 0.134. The summed E-state index contributed by atoms with van der Waals surface area (Å²) in [6.07, 6.45) is 0.610. The molecule has 166 valence electrons. The van der Waals surface area contributed by atoms with Gasteiger partial charge >= 0.3 is 5.91 Å². The normalized spacial score (nSPS) is 17.4. The molecule has 2 aliphatic heterocycles. The highest BCUT2D eigenvalue weighted by atomic mass is 79.9. The number of hydrogen-bond acceptors (Lipinski definition) is 5. The quantitative estimate of drug-likeness (QED) is 0.417. The van der Waals surface area contributed by atoms with Gasteiger partial charge in [0.05, 0.1) is 30.1 Å². The lowest BCUT2D eigenvalue weighted by Crippen LogP contribution is -2.39. The molecular weight excluding hydrogens is 506 g/mol. The van der Waals surface area contributed by atoms with Gasteiger partial charge in [-0.05, 0) is 59.7 Å². The van der Waals surface area contributed by atoms with E-state index in [1.54, 1.807) is 19.2 Å². The zero-order valence-electron chi connectivity index (χ0n) is 17.7. The Kier molecular flexibility index (Phi) is 5.68. The maximum absolute atomic E-state index is 12.8. The maximum atomic E-state index is 12.8. The number of methoxy groups -OCH3 is 1. The molecule has 0 unspecified atom stereocenters. The first-order valence-electron chi connectivity index (χ1n) is 10.3. The SMILES string of the molecule is COc1ccc(C2=NN(CN3C(=O)C(=O)c4cc(Br)ccc43)[C@H](c3ccccc3Cl)C2)cc1. The number of Topliss-reactive ketones (excluding diaryl/α,β-unsaturated/α-hetero) is 1. The van der Waals surface area contributed by atoms with Crippen LogP contribution in [-0.4, -0.2) is 36.2 Å². The van der Waals surface area contributed by atoms with Crippen molar-refractivity contribution in [2.24, 2.45) is 5.10 Å². The number of ketones is 1. The van der Waals surface area contributed by atoms with Crippen LogP contribution >= 0.6 is 27.5 Å². The average molecular weight is 525 g/mol. The predicted molar refractivity (Wildman–Crippen MR) is 131 cm³/mol. The number of halogens is 2. The first-order chi connectivity index (χ1) is 16.0. The first kappa shape index (κ1) is 21.7. The molecule has 5 rings (SSSR count). The van der Waals surface area contributed by atoms with Crippen molar-refractivity contribution < 1.29 is 14.3 Å². The van der Waals surface area contributed by atoms with Crippen molar-refractivity contribution >= 4 is 50.6 Å². The van der Waals surface area contributed by atoms with Crippen molar-refractivity contribution in [2.45, 2.75) is 12.5 Å². The van der Waals surface area contributed by atoms with Crippen molar-refractivity contribution in [1.29, 1.82) is 0 Å². The van der Waals surface area contributed by atoms with E-state index in [0.29, 0.717) is 22.7 Å². The van der Waals surface area contributed by atoms with Gasteiger partial charge in [-0.15, -0.1) is 0 Å². The second-order valence-corrected chi connectivity index (χ2v) is 9.14. The molecule has 0 saturated heterocycles. The molecule has 8 heteroatoms. The van der Waals surface area contributed by atoms with Crippen LogP contribution in [0.15, 0.2) is 76.3 Å². The summed E-state index contributed by atoms with van der Waals surface area (Å²) < 4.78 is 6.01. The highest BCUT2D eigenvalue weighted by Crippen LogP contribution is 2.38. The van der Waals surface area contributed by atoms with Crippen LogP contribution in [0, 0.1) is 0 Å². The molecule has 1 amide bonds. The lowest BCUT2D eigenvalue weighted by atomic mass is 9.98. The summed E-state index contributed by atoms with van der Waals surface area (Å²) in [5, 5.41) is 7.33. The zero-order valence-corrected chi connectivity index (χ0v) is 20.0. The second-order valence-electron chi connectivity index (χ2n) is 7.82. The van der Waals surface area contributed by atoms with E-state index in [1.165, 1.54) is 4.90 Å². The van der Waals surface area contributed by atoms with E-state index < -0.39 is 11.7 Å². The lowest BCUT2D eigenvalue weighted by Gasteiger charge is -2.29. The van der Waals surface area contributed by atoms with Crippen molar-refractivity contribution in [3.05, 3.63) is 92.9 Å². The van der Waals surface area contributed by atoms with Gasteiger partial charge in [0.1, 0.15) is 12.4 Å². The Morgan fingerprint density at radius 1 is 1.09 bits per heavy atom. The van der Waals surface area contributed by atoms with Gasteiger partial charge in [0.25, 0.3) is 5.78 Å². The van der Waals surface area contributed by atoms with Crippen molar-refractivity contribution in [3.63, 3.8) is 0 Å². The largest absolute Gasteiger partial charge is 0.497 e. The molecule has 0 aromatic heterocycles. The molecule has 6 nitrogen and oxygen atoms in total. The van der Waals surface area contributed by atoms with Gasteiger partial charge < -0.3 is 4.74 Å². The maximum Gasteiger partial charge on any atom is 0.301 e. The minimum atomic E-state index is -0.561. The highest BCUT2D eigenvalue weighted by molar-refractivity contribution is 9.10. The number of anilines is 1. The number of nitrogens with zero attached hydrogens (tertiary/aromatic N) is 3. The zero-order chi connectivity index (χ0) is 23.1. The highest BCUT2D eigenvalue weighted by Gasteiger charge is 2.39. The van der Waals surface area contributed by atoms with E-state index in [1.807, 2.05) is 59.6 Å². The summed E-state index contributed by atoms with van der Waals surface area (Å²) in [6.45, 7) is 0.134. The number of rotatable bonds is 5.